The van der Waals surface area contributed by atoms with E-state index in [-0.39, 0.29) is 11.0 Å². The highest BCUT2D eigenvalue weighted by Gasteiger charge is 2.35. The molecule has 0 unspecified atom stereocenters. The van der Waals surface area contributed by atoms with Crippen LogP contribution in [0.25, 0.3) is 0 Å². The Balaban J connectivity index is 2.52. The number of pyridine rings is 1. The van der Waals surface area contributed by atoms with Crippen LogP contribution in [0.2, 0.25) is 0 Å². The first kappa shape index (κ1) is 11.7. The van der Waals surface area contributed by atoms with Crippen LogP contribution in [0.1, 0.15) is 23.4 Å². The predicted octanol–water partition coefficient (Wildman–Crippen LogP) is 3.35. The topological polar surface area (TPSA) is 24.9 Å². The van der Waals surface area contributed by atoms with E-state index in [0.29, 0.717) is 12.2 Å². The Morgan fingerprint density at radius 2 is 2.19 bits per heavy atom. The van der Waals surface area contributed by atoms with Gasteiger partial charge in [0, 0.05) is 11.9 Å². The van der Waals surface area contributed by atoms with Crippen molar-refractivity contribution in [3.05, 3.63) is 23.0 Å². The zero-order valence-electron chi connectivity index (χ0n) is 8.36. The van der Waals surface area contributed by atoms with Crippen molar-refractivity contribution in [1.29, 1.82) is 0 Å². The maximum Gasteiger partial charge on any atom is 0.418 e. The highest BCUT2D eigenvalue weighted by atomic mass is 79.9. The zero-order chi connectivity index (χ0) is 11.8. The molecule has 6 heteroatoms. The van der Waals surface area contributed by atoms with Crippen molar-refractivity contribution in [3.63, 3.8) is 0 Å². The summed E-state index contributed by atoms with van der Waals surface area (Å²) in [4.78, 5) is 4.07. The van der Waals surface area contributed by atoms with E-state index < -0.39 is 11.7 Å². The molecular weight excluding hydrogens is 285 g/mol. The minimum Gasteiger partial charge on any atom is -0.384 e. The molecule has 0 saturated carbocycles. The van der Waals surface area contributed by atoms with E-state index in [1.165, 1.54) is 0 Å². The molecule has 0 saturated heterocycles. The number of hydrogen-bond acceptors (Lipinski definition) is 2. The lowest BCUT2D eigenvalue weighted by Gasteiger charge is -2.20. The second-order valence-electron chi connectivity index (χ2n) is 3.64. The van der Waals surface area contributed by atoms with Gasteiger partial charge in [-0.3, -0.25) is 4.98 Å². The molecule has 1 aliphatic rings. The van der Waals surface area contributed by atoms with Crippen LogP contribution in [0, 0.1) is 0 Å². The Morgan fingerprint density at radius 3 is 2.81 bits per heavy atom. The maximum atomic E-state index is 12.7. The Morgan fingerprint density at radius 1 is 1.44 bits per heavy atom. The van der Waals surface area contributed by atoms with Gasteiger partial charge in [-0.1, -0.05) is 15.9 Å². The number of nitrogens with zero attached hydrogens (tertiary/aromatic N) is 1. The summed E-state index contributed by atoms with van der Waals surface area (Å²) in [5.74, 6) is 0. The molecule has 2 rings (SSSR count). The molecule has 88 valence electrons. The van der Waals surface area contributed by atoms with E-state index in [1.807, 2.05) is 0 Å². The summed E-state index contributed by atoms with van der Waals surface area (Å²) < 4.78 is 38.2. The number of nitrogens with one attached hydrogen (secondary N) is 1. The third kappa shape index (κ3) is 2.16. The van der Waals surface area contributed by atoms with Crippen molar-refractivity contribution in [2.24, 2.45) is 0 Å². The smallest absolute Gasteiger partial charge is 0.384 e. The van der Waals surface area contributed by atoms with E-state index in [0.717, 1.165) is 24.6 Å². The SMILES string of the molecule is FC(F)(F)c1cc2c(nc1CBr)CCCN2. The molecule has 0 radical (unpaired) electrons. The van der Waals surface area contributed by atoms with Gasteiger partial charge in [-0.05, 0) is 18.9 Å². The molecule has 0 amide bonds. The van der Waals surface area contributed by atoms with Gasteiger partial charge in [-0.15, -0.1) is 0 Å². The Hall–Kier alpha value is -0.780. The highest BCUT2D eigenvalue weighted by Crippen LogP contribution is 2.35. The van der Waals surface area contributed by atoms with Gasteiger partial charge >= 0.3 is 6.18 Å². The summed E-state index contributed by atoms with van der Waals surface area (Å²) in [6, 6.07) is 1.16. The van der Waals surface area contributed by atoms with E-state index in [9.17, 15) is 13.2 Å². The van der Waals surface area contributed by atoms with Crippen molar-refractivity contribution in [3.8, 4) is 0 Å². The lowest BCUT2D eigenvalue weighted by molar-refractivity contribution is -0.138. The Labute approximate surface area is 99.4 Å². The van der Waals surface area contributed by atoms with Crippen LogP contribution in [-0.4, -0.2) is 11.5 Å². The number of aromatic nitrogens is 1. The molecule has 0 fully saturated rings. The van der Waals surface area contributed by atoms with Crippen molar-refractivity contribution in [1.82, 2.24) is 4.98 Å². The fourth-order valence-corrected chi connectivity index (χ4v) is 2.19. The normalized spacial score (nSPS) is 15.5. The molecule has 2 heterocycles. The van der Waals surface area contributed by atoms with Crippen LogP contribution < -0.4 is 5.32 Å². The van der Waals surface area contributed by atoms with Gasteiger partial charge < -0.3 is 5.32 Å². The zero-order valence-corrected chi connectivity index (χ0v) is 9.95. The summed E-state index contributed by atoms with van der Waals surface area (Å²) in [5, 5.41) is 3.07. The number of aryl methyl sites for hydroxylation is 1. The number of alkyl halides is 4. The number of anilines is 1. The molecule has 0 aliphatic carbocycles. The predicted molar refractivity (Wildman–Crippen MR) is 58.7 cm³/mol. The largest absolute Gasteiger partial charge is 0.418 e. The van der Waals surface area contributed by atoms with E-state index in [1.54, 1.807) is 0 Å². The van der Waals surface area contributed by atoms with Gasteiger partial charge in [-0.25, -0.2) is 0 Å². The van der Waals surface area contributed by atoms with Crippen LogP contribution in [0.15, 0.2) is 6.07 Å². The van der Waals surface area contributed by atoms with Gasteiger partial charge in [0.25, 0.3) is 0 Å². The van der Waals surface area contributed by atoms with Crippen LogP contribution in [0.4, 0.5) is 18.9 Å². The van der Waals surface area contributed by atoms with Gasteiger partial charge in [0.1, 0.15) is 0 Å². The fourth-order valence-electron chi connectivity index (χ4n) is 1.76. The standard InChI is InChI=1S/C10H10BrF3N2/c11-5-9-6(10(12,13)14)4-8-7(16-9)2-1-3-15-8/h4,15H,1-3,5H2. The van der Waals surface area contributed by atoms with Crippen molar-refractivity contribution < 1.29 is 13.2 Å². The number of rotatable bonds is 1. The quantitative estimate of drug-likeness (QED) is 0.804. The van der Waals surface area contributed by atoms with Gasteiger partial charge in [0.05, 0.1) is 22.6 Å². The molecule has 16 heavy (non-hydrogen) atoms. The number of fused-ring (bicyclic) bond motifs is 1. The third-order valence-corrected chi connectivity index (χ3v) is 3.05. The summed E-state index contributed by atoms with van der Waals surface area (Å²) >= 11 is 3.05. The lowest BCUT2D eigenvalue weighted by Crippen LogP contribution is -2.18. The lowest BCUT2D eigenvalue weighted by atomic mass is 10.1. The molecule has 0 bridgehead atoms. The molecule has 1 aromatic heterocycles. The summed E-state index contributed by atoms with van der Waals surface area (Å²) in [6.45, 7) is 0.708. The van der Waals surface area contributed by atoms with Gasteiger partial charge in [0.15, 0.2) is 0 Å². The fraction of sp³-hybridized carbons (Fsp3) is 0.500. The van der Waals surface area contributed by atoms with Crippen LogP contribution >= 0.6 is 15.9 Å². The van der Waals surface area contributed by atoms with Crippen LogP contribution in [0.5, 0.6) is 0 Å². The monoisotopic (exact) mass is 294 g/mol. The van der Waals surface area contributed by atoms with Crippen LogP contribution in [-0.2, 0) is 17.9 Å². The molecule has 1 aromatic rings. The van der Waals surface area contributed by atoms with E-state index in [2.05, 4.69) is 26.2 Å². The minimum atomic E-state index is -4.34. The first-order valence-corrected chi connectivity index (χ1v) is 6.04. The maximum absolute atomic E-state index is 12.7. The first-order valence-electron chi connectivity index (χ1n) is 4.92. The average Bonchev–Trinajstić information content (AvgIpc) is 2.26. The van der Waals surface area contributed by atoms with Gasteiger partial charge in [-0.2, -0.15) is 13.2 Å². The average molecular weight is 295 g/mol. The second-order valence-corrected chi connectivity index (χ2v) is 4.20. The van der Waals surface area contributed by atoms with E-state index >= 15 is 0 Å². The Kier molecular flexibility index (Phi) is 3.10. The van der Waals surface area contributed by atoms with Crippen LogP contribution in [0.3, 0.4) is 0 Å². The summed E-state index contributed by atoms with van der Waals surface area (Å²) in [6.07, 6.45) is -2.70. The molecule has 0 atom stereocenters. The van der Waals surface area contributed by atoms with Gasteiger partial charge in [0.2, 0.25) is 0 Å². The molecular formula is C10H10BrF3N2. The first-order chi connectivity index (χ1) is 7.52. The minimum absolute atomic E-state index is 0.0648. The number of hydrogen-bond donors (Lipinski definition) is 1. The molecule has 1 N–H and O–H groups in total. The highest BCUT2D eigenvalue weighted by molar-refractivity contribution is 9.08. The third-order valence-electron chi connectivity index (χ3n) is 2.52. The van der Waals surface area contributed by atoms with Crippen molar-refractivity contribution in [2.45, 2.75) is 24.3 Å². The summed E-state index contributed by atoms with van der Waals surface area (Å²) in [5.41, 5.74) is 0.657. The molecule has 2 nitrogen and oxygen atoms in total. The van der Waals surface area contributed by atoms with Crippen molar-refractivity contribution >= 4 is 21.6 Å². The van der Waals surface area contributed by atoms with Crippen molar-refractivity contribution in [2.75, 3.05) is 11.9 Å². The molecule has 0 aromatic carbocycles. The molecule has 1 aliphatic heterocycles. The number of halogens is 4. The van der Waals surface area contributed by atoms with E-state index in [4.69, 9.17) is 0 Å². The second kappa shape index (κ2) is 4.24. The molecule has 0 spiro atoms. The summed E-state index contributed by atoms with van der Waals surface area (Å²) in [7, 11) is 0. The Bertz CT molecular complexity index is 404.